The van der Waals surface area contributed by atoms with Gasteiger partial charge in [-0.1, -0.05) is 17.7 Å². The van der Waals surface area contributed by atoms with E-state index in [1.165, 1.54) is 25.1 Å². The molecule has 0 radical (unpaired) electrons. The Labute approximate surface area is 91.4 Å². The lowest BCUT2D eigenvalue weighted by atomic mass is 10.2. The molecule has 0 amide bonds. The second kappa shape index (κ2) is 5.09. The van der Waals surface area contributed by atoms with Crippen LogP contribution in [0.25, 0.3) is 0 Å². The van der Waals surface area contributed by atoms with E-state index < -0.39 is 17.9 Å². The Bertz CT molecular complexity index is 347. The van der Waals surface area contributed by atoms with Gasteiger partial charge in [0.05, 0.1) is 6.61 Å². The zero-order valence-corrected chi connectivity index (χ0v) is 8.79. The molecule has 1 atom stereocenters. The van der Waals surface area contributed by atoms with Crippen LogP contribution in [-0.4, -0.2) is 17.2 Å². The Morgan fingerprint density at radius 3 is 2.87 bits per heavy atom. The summed E-state index contributed by atoms with van der Waals surface area (Å²) in [5, 5.41) is 8.78. The number of carboxylic acid groups (broad SMARTS) is 1. The highest BCUT2D eigenvalue weighted by atomic mass is 35.5. The number of hydrogen-bond acceptors (Lipinski definition) is 2. The predicted molar refractivity (Wildman–Crippen MR) is 53.3 cm³/mol. The average molecular weight is 233 g/mol. The SMILES string of the molecule is CC(OCc1c(F)cccc1Cl)C(=O)O. The van der Waals surface area contributed by atoms with Gasteiger partial charge in [0.15, 0.2) is 6.10 Å². The summed E-state index contributed by atoms with van der Waals surface area (Å²) >= 11 is 5.73. The Hall–Kier alpha value is -1.13. The molecule has 0 aromatic heterocycles. The number of carbonyl (C=O) groups is 1. The second-order valence-electron chi connectivity index (χ2n) is 2.99. The molecule has 0 saturated heterocycles. The van der Waals surface area contributed by atoms with Crippen molar-refractivity contribution in [1.29, 1.82) is 0 Å². The minimum atomic E-state index is -1.09. The van der Waals surface area contributed by atoms with Crippen molar-refractivity contribution in [2.45, 2.75) is 19.6 Å². The third-order valence-corrected chi connectivity index (χ3v) is 2.24. The zero-order chi connectivity index (χ0) is 11.4. The molecule has 1 aromatic rings. The molecule has 0 aliphatic rings. The number of carboxylic acids is 1. The molecule has 15 heavy (non-hydrogen) atoms. The molecule has 0 aliphatic heterocycles. The number of rotatable bonds is 4. The maximum atomic E-state index is 13.2. The molecule has 0 fully saturated rings. The zero-order valence-electron chi connectivity index (χ0n) is 8.04. The van der Waals surface area contributed by atoms with E-state index >= 15 is 0 Å². The van der Waals surface area contributed by atoms with Crippen molar-refractivity contribution in [2.75, 3.05) is 0 Å². The van der Waals surface area contributed by atoms with E-state index in [9.17, 15) is 9.18 Å². The standard InChI is InChI=1S/C10H10ClFO3/c1-6(10(13)14)15-5-7-8(11)3-2-4-9(7)12/h2-4,6H,5H2,1H3,(H,13,14). The van der Waals surface area contributed by atoms with Crippen LogP contribution in [0, 0.1) is 5.82 Å². The molecule has 3 nitrogen and oxygen atoms in total. The van der Waals surface area contributed by atoms with E-state index in [0.717, 1.165) is 0 Å². The van der Waals surface area contributed by atoms with Gasteiger partial charge in [-0.3, -0.25) is 0 Å². The van der Waals surface area contributed by atoms with Gasteiger partial charge in [-0.25, -0.2) is 9.18 Å². The lowest BCUT2D eigenvalue weighted by Crippen LogP contribution is -2.19. The number of hydrogen-bond donors (Lipinski definition) is 1. The van der Waals surface area contributed by atoms with Crippen molar-refractivity contribution in [2.24, 2.45) is 0 Å². The molecule has 0 spiro atoms. The Kier molecular flexibility index (Phi) is 4.05. The number of aliphatic carboxylic acids is 1. The highest BCUT2D eigenvalue weighted by Gasteiger charge is 2.13. The van der Waals surface area contributed by atoms with Gasteiger partial charge >= 0.3 is 5.97 Å². The monoisotopic (exact) mass is 232 g/mol. The number of halogens is 2. The predicted octanol–water partition coefficient (Wildman–Crippen LogP) is 2.47. The minimum Gasteiger partial charge on any atom is -0.479 e. The molecule has 0 bridgehead atoms. The molecule has 0 aliphatic carbocycles. The summed E-state index contributed by atoms with van der Waals surface area (Å²) in [7, 11) is 0. The number of benzene rings is 1. The van der Waals surface area contributed by atoms with Crippen molar-refractivity contribution >= 4 is 17.6 Å². The summed E-state index contributed by atoms with van der Waals surface area (Å²) in [6.07, 6.45) is -0.985. The van der Waals surface area contributed by atoms with E-state index in [-0.39, 0.29) is 17.2 Å². The van der Waals surface area contributed by atoms with Crippen LogP contribution in [0.15, 0.2) is 18.2 Å². The first kappa shape index (κ1) is 11.9. The third kappa shape index (κ3) is 3.18. The van der Waals surface area contributed by atoms with E-state index in [1.807, 2.05) is 0 Å². The van der Waals surface area contributed by atoms with Gasteiger partial charge in [0, 0.05) is 10.6 Å². The summed E-state index contributed by atoms with van der Waals surface area (Å²) in [6, 6.07) is 4.24. The van der Waals surface area contributed by atoms with E-state index in [1.54, 1.807) is 0 Å². The summed E-state index contributed by atoms with van der Waals surface area (Å²) in [4.78, 5) is 10.4. The van der Waals surface area contributed by atoms with Gasteiger partial charge < -0.3 is 9.84 Å². The van der Waals surface area contributed by atoms with Crippen molar-refractivity contribution in [1.82, 2.24) is 0 Å². The van der Waals surface area contributed by atoms with Crippen LogP contribution < -0.4 is 0 Å². The van der Waals surface area contributed by atoms with Crippen LogP contribution in [0.1, 0.15) is 12.5 Å². The van der Waals surface area contributed by atoms with E-state index in [4.69, 9.17) is 21.4 Å². The fourth-order valence-electron chi connectivity index (χ4n) is 0.950. The molecular formula is C10H10ClFO3. The first-order valence-electron chi connectivity index (χ1n) is 4.29. The lowest BCUT2D eigenvalue weighted by molar-refractivity contribution is -0.149. The highest BCUT2D eigenvalue weighted by Crippen LogP contribution is 2.20. The quantitative estimate of drug-likeness (QED) is 0.868. The van der Waals surface area contributed by atoms with Crippen molar-refractivity contribution in [3.8, 4) is 0 Å². The van der Waals surface area contributed by atoms with Crippen LogP contribution in [0.3, 0.4) is 0 Å². The van der Waals surface area contributed by atoms with Crippen molar-refractivity contribution in [3.05, 3.63) is 34.6 Å². The second-order valence-corrected chi connectivity index (χ2v) is 3.40. The molecule has 82 valence electrons. The fraction of sp³-hybridized carbons (Fsp3) is 0.300. The van der Waals surface area contributed by atoms with Gasteiger partial charge in [0.1, 0.15) is 5.82 Å². The smallest absolute Gasteiger partial charge is 0.332 e. The summed E-state index contributed by atoms with van der Waals surface area (Å²) < 4.78 is 18.1. The molecule has 1 unspecified atom stereocenters. The van der Waals surface area contributed by atoms with Crippen molar-refractivity contribution < 1.29 is 19.0 Å². The number of ether oxygens (including phenoxy) is 1. The molecule has 5 heteroatoms. The van der Waals surface area contributed by atoms with E-state index in [0.29, 0.717) is 0 Å². The minimum absolute atomic E-state index is 0.154. The molecule has 1 aromatic carbocycles. The maximum Gasteiger partial charge on any atom is 0.332 e. The molecule has 1 rings (SSSR count). The largest absolute Gasteiger partial charge is 0.479 e. The summed E-state index contributed by atoms with van der Waals surface area (Å²) in [5.74, 6) is -1.59. The topological polar surface area (TPSA) is 46.5 Å². The molecule has 1 N–H and O–H groups in total. The summed E-state index contributed by atoms with van der Waals surface area (Å²) in [6.45, 7) is 1.22. The first-order chi connectivity index (χ1) is 7.02. The molecule has 0 saturated carbocycles. The maximum absolute atomic E-state index is 13.2. The third-order valence-electron chi connectivity index (χ3n) is 1.89. The average Bonchev–Trinajstić information content (AvgIpc) is 2.16. The first-order valence-corrected chi connectivity index (χ1v) is 4.67. The summed E-state index contributed by atoms with van der Waals surface area (Å²) in [5.41, 5.74) is 0.173. The van der Waals surface area contributed by atoms with Gasteiger partial charge in [-0.15, -0.1) is 0 Å². The highest BCUT2D eigenvalue weighted by molar-refractivity contribution is 6.31. The lowest BCUT2D eigenvalue weighted by Gasteiger charge is -2.10. The van der Waals surface area contributed by atoms with Crippen LogP contribution in [-0.2, 0) is 16.1 Å². The van der Waals surface area contributed by atoms with Crippen LogP contribution >= 0.6 is 11.6 Å². The molecular weight excluding hydrogens is 223 g/mol. The van der Waals surface area contributed by atoms with Gasteiger partial charge in [0.25, 0.3) is 0 Å². The fourth-order valence-corrected chi connectivity index (χ4v) is 1.17. The van der Waals surface area contributed by atoms with Gasteiger partial charge in [-0.05, 0) is 19.1 Å². The Morgan fingerprint density at radius 1 is 1.67 bits per heavy atom. The Balaban J connectivity index is 2.69. The molecule has 0 heterocycles. The van der Waals surface area contributed by atoms with Gasteiger partial charge in [0.2, 0.25) is 0 Å². The van der Waals surface area contributed by atoms with Gasteiger partial charge in [-0.2, -0.15) is 0 Å². The normalized spacial score (nSPS) is 12.5. The van der Waals surface area contributed by atoms with Crippen LogP contribution in [0.4, 0.5) is 4.39 Å². The van der Waals surface area contributed by atoms with Crippen LogP contribution in [0.2, 0.25) is 5.02 Å². The van der Waals surface area contributed by atoms with Crippen LogP contribution in [0.5, 0.6) is 0 Å². The van der Waals surface area contributed by atoms with E-state index in [2.05, 4.69) is 0 Å². The Morgan fingerprint density at radius 2 is 2.33 bits per heavy atom. The van der Waals surface area contributed by atoms with Crippen molar-refractivity contribution in [3.63, 3.8) is 0 Å².